The highest BCUT2D eigenvalue weighted by Crippen LogP contribution is 2.21. The molecule has 122 valence electrons. The minimum Gasteiger partial charge on any atom is -0.492 e. The van der Waals surface area contributed by atoms with Gasteiger partial charge in [-0.25, -0.2) is 4.68 Å². The first-order valence-electron chi connectivity index (χ1n) is 7.55. The second-order valence-corrected chi connectivity index (χ2v) is 5.20. The van der Waals surface area contributed by atoms with Gasteiger partial charge in [-0.15, -0.1) is 0 Å². The smallest absolute Gasteiger partial charge is 0.222 e. The average Bonchev–Trinajstić information content (AvgIpc) is 2.93. The van der Waals surface area contributed by atoms with Crippen molar-refractivity contribution in [3.63, 3.8) is 0 Å². The summed E-state index contributed by atoms with van der Waals surface area (Å²) < 4.78 is 9.36. The molecule has 1 aromatic carbocycles. The number of benzene rings is 1. The molecule has 1 heterocycles. The Morgan fingerprint density at radius 3 is 2.78 bits per heavy atom. The Hall–Kier alpha value is -2.24. The van der Waals surface area contributed by atoms with Crippen LogP contribution in [0.4, 0.5) is 0 Å². The van der Waals surface area contributed by atoms with Crippen LogP contribution in [0.15, 0.2) is 24.3 Å². The number of hydrogen-bond donors (Lipinski definition) is 0. The molecule has 0 saturated heterocycles. The predicted molar refractivity (Wildman–Crippen MR) is 88.8 cm³/mol. The Morgan fingerprint density at radius 1 is 1.30 bits per heavy atom. The second-order valence-electron chi connectivity index (χ2n) is 4.83. The zero-order valence-electron chi connectivity index (χ0n) is 13.3. The van der Waals surface area contributed by atoms with Crippen molar-refractivity contribution in [2.75, 3.05) is 19.7 Å². The Labute approximate surface area is 140 Å². The zero-order chi connectivity index (χ0) is 16.7. The third kappa shape index (κ3) is 4.15. The number of tetrazole rings is 1. The monoisotopic (exact) mass is 332 g/mol. The molecule has 0 fully saturated rings. The fourth-order valence-electron chi connectivity index (χ4n) is 2.15. The van der Waals surface area contributed by atoms with Crippen LogP contribution in [-0.2, 0) is 6.67 Å². The van der Waals surface area contributed by atoms with E-state index in [1.807, 2.05) is 38.1 Å². The molecule has 0 aliphatic heterocycles. The Balaban J connectivity index is 2.26. The molecule has 0 atom stereocenters. The Morgan fingerprint density at radius 2 is 2.09 bits per heavy atom. The average molecular weight is 332 g/mol. The fourth-order valence-corrected chi connectivity index (χ4v) is 2.38. The second kappa shape index (κ2) is 8.41. The molecule has 7 nitrogen and oxygen atoms in total. The lowest BCUT2D eigenvalue weighted by molar-refractivity contribution is 0.219. The van der Waals surface area contributed by atoms with Gasteiger partial charge in [0.15, 0.2) is 0 Å². The van der Waals surface area contributed by atoms with Crippen LogP contribution in [0, 0.1) is 16.1 Å². The molecule has 0 radical (unpaired) electrons. The molecule has 0 N–H and O–H groups in total. The van der Waals surface area contributed by atoms with E-state index < -0.39 is 0 Å². The summed E-state index contributed by atoms with van der Waals surface area (Å²) in [5, 5.41) is 17.0. The fraction of sp³-hybridized carbons (Fsp3) is 0.467. The first-order valence-corrected chi connectivity index (χ1v) is 7.96. The van der Waals surface area contributed by atoms with Crippen LogP contribution in [0.1, 0.15) is 20.3 Å². The van der Waals surface area contributed by atoms with Crippen molar-refractivity contribution >= 4 is 12.2 Å². The van der Waals surface area contributed by atoms with Gasteiger partial charge in [0.2, 0.25) is 4.77 Å². The van der Waals surface area contributed by atoms with Crippen molar-refractivity contribution in [1.29, 1.82) is 5.26 Å². The van der Waals surface area contributed by atoms with Crippen molar-refractivity contribution in [2.45, 2.75) is 26.9 Å². The summed E-state index contributed by atoms with van der Waals surface area (Å²) in [5.41, 5.74) is 0.769. The van der Waals surface area contributed by atoms with Gasteiger partial charge in [0.05, 0.1) is 19.3 Å². The minimum atomic E-state index is 0.475. The van der Waals surface area contributed by atoms with E-state index in [-0.39, 0.29) is 0 Å². The predicted octanol–water partition coefficient (Wildman–Crippen LogP) is 2.39. The third-order valence-corrected chi connectivity index (χ3v) is 3.74. The van der Waals surface area contributed by atoms with E-state index in [0.717, 1.165) is 18.0 Å². The molecular weight excluding hydrogens is 312 g/mol. The SMILES string of the molecule is CCOc1ccccc1-n1nnn(CN(CC)CCC#N)c1=S. The van der Waals surface area contributed by atoms with E-state index in [1.54, 1.807) is 9.36 Å². The highest BCUT2D eigenvalue weighted by Gasteiger charge is 2.12. The molecule has 2 rings (SSSR count). The number of rotatable bonds is 8. The maximum absolute atomic E-state index is 8.72. The largest absolute Gasteiger partial charge is 0.492 e. The van der Waals surface area contributed by atoms with E-state index in [2.05, 4.69) is 21.4 Å². The van der Waals surface area contributed by atoms with Gasteiger partial charge < -0.3 is 4.74 Å². The quantitative estimate of drug-likeness (QED) is 0.691. The molecule has 0 unspecified atom stereocenters. The summed E-state index contributed by atoms with van der Waals surface area (Å²) in [5.74, 6) is 0.718. The summed E-state index contributed by atoms with van der Waals surface area (Å²) >= 11 is 5.48. The molecule has 0 aliphatic rings. The molecule has 2 aromatic rings. The highest BCUT2D eigenvalue weighted by atomic mass is 32.1. The number of nitrogens with zero attached hydrogens (tertiary/aromatic N) is 6. The van der Waals surface area contributed by atoms with E-state index in [4.69, 9.17) is 22.2 Å². The molecule has 0 amide bonds. The van der Waals surface area contributed by atoms with Crippen molar-refractivity contribution in [1.82, 2.24) is 24.7 Å². The maximum Gasteiger partial charge on any atom is 0.222 e. The lowest BCUT2D eigenvalue weighted by Gasteiger charge is -2.17. The van der Waals surface area contributed by atoms with Crippen molar-refractivity contribution < 1.29 is 4.74 Å². The van der Waals surface area contributed by atoms with E-state index in [0.29, 0.717) is 31.0 Å². The van der Waals surface area contributed by atoms with Gasteiger partial charge in [-0.3, -0.25) is 4.90 Å². The van der Waals surface area contributed by atoms with Crippen LogP contribution >= 0.6 is 12.2 Å². The number of aromatic nitrogens is 4. The molecule has 0 bridgehead atoms. The summed E-state index contributed by atoms with van der Waals surface area (Å²) in [7, 11) is 0. The standard InChI is InChI=1S/C15H20N6OS/c1-3-19(11-7-10-16)12-20-15(23)21(18-17-20)13-8-5-6-9-14(13)22-4-2/h5-6,8-9H,3-4,7,11-12H2,1-2H3. The van der Waals surface area contributed by atoms with Crippen molar-refractivity contribution in [3.05, 3.63) is 29.0 Å². The van der Waals surface area contributed by atoms with Gasteiger partial charge in [-0.1, -0.05) is 19.1 Å². The summed E-state index contributed by atoms with van der Waals surface area (Å²) in [6.45, 7) is 6.53. The van der Waals surface area contributed by atoms with E-state index in [1.165, 1.54) is 0 Å². The van der Waals surface area contributed by atoms with Gasteiger partial charge in [0.1, 0.15) is 11.4 Å². The molecular formula is C15H20N6OS. The molecule has 0 saturated carbocycles. The van der Waals surface area contributed by atoms with Crippen molar-refractivity contribution in [3.8, 4) is 17.5 Å². The summed E-state index contributed by atoms with van der Waals surface area (Å²) in [4.78, 5) is 2.09. The molecule has 8 heteroatoms. The Bertz CT molecular complexity index is 732. The van der Waals surface area contributed by atoms with Crippen LogP contribution < -0.4 is 4.74 Å². The van der Waals surface area contributed by atoms with Gasteiger partial charge in [-0.05, 0) is 48.2 Å². The molecule has 0 aliphatic carbocycles. The summed E-state index contributed by atoms with van der Waals surface area (Å²) in [6.07, 6.45) is 0.475. The van der Waals surface area contributed by atoms with Gasteiger partial charge >= 0.3 is 0 Å². The lowest BCUT2D eigenvalue weighted by atomic mass is 10.3. The first-order chi connectivity index (χ1) is 11.2. The maximum atomic E-state index is 8.72. The van der Waals surface area contributed by atoms with Crippen LogP contribution in [0.3, 0.4) is 0 Å². The number of nitriles is 1. The van der Waals surface area contributed by atoms with Crippen LogP contribution in [-0.4, -0.2) is 44.4 Å². The molecule has 1 aromatic heterocycles. The number of hydrogen-bond acceptors (Lipinski definition) is 6. The minimum absolute atomic E-state index is 0.475. The topological polar surface area (TPSA) is 71.9 Å². The van der Waals surface area contributed by atoms with E-state index in [9.17, 15) is 0 Å². The van der Waals surface area contributed by atoms with Crippen LogP contribution in [0.5, 0.6) is 5.75 Å². The Kier molecular flexibility index (Phi) is 6.26. The zero-order valence-corrected chi connectivity index (χ0v) is 14.2. The molecule has 0 spiro atoms. The summed E-state index contributed by atoms with van der Waals surface area (Å²) in [6, 6.07) is 9.74. The van der Waals surface area contributed by atoms with Crippen molar-refractivity contribution in [2.24, 2.45) is 0 Å². The number of para-hydroxylation sites is 2. The first kappa shape index (κ1) is 17.1. The lowest BCUT2D eigenvalue weighted by Crippen LogP contribution is -2.28. The highest BCUT2D eigenvalue weighted by molar-refractivity contribution is 7.71. The van der Waals surface area contributed by atoms with Gasteiger partial charge in [-0.2, -0.15) is 9.94 Å². The van der Waals surface area contributed by atoms with Gasteiger partial charge in [0.25, 0.3) is 0 Å². The van der Waals surface area contributed by atoms with Crippen LogP contribution in [0.25, 0.3) is 5.69 Å². The number of ether oxygens (including phenoxy) is 1. The van der Waals surface area contributed by atoms with Crippen LogP contribution in [0.2, 0.25) is 0 Å². The van der Waals surface area contributed by atoms with Gasteiger partial charge in [0, 0.05) is 13.0 Å². The normalized spacial score (nSPS) is 10.7. The van der Waals surface area contributed by atoms with E-state index >= 15 is 0 Å². The third-order valence-electron chi connectivity index (χ3n) is 3.35. The molecule has 23 heavy (non-hydrogen) atoms.